The lowest BCUT2D eigenvalue weighted by molar-refractivity contribution is 0.549. The van der Waals surface area contributed by atoms with Crippen molar-refractivity contribution >= 4 is 11.8 Å². The molecule has 1 spiro atoms. The zero-order chi connectivity index (χ0) is 35.6. The number of hydrogen-bond acceptors (Lipinski definition) is 5. The van der Waals surface area contributed by atoms with Gasteiger partial charge in [-0.2, -0.15) is 0 Å². The second kappa shape index (κ2) is 12.2. The third kappa shape index (κ3) is 4.92. The van der Waals surface area contributed by atoms with Crippen LogP contribution in [-0.4, -0.2) is 19.9 Å². The summed E-state index contributed by atoms with van der Waals surface area (Å²) in [5, 5.41) is 0. The zero-order valence-corrected chi connectivity index (χ0v) is 30.2. The molecule has 0 bridgehead atoms. The molecule has 0 saturated carbocycles. The molecule has 3 heterocycles. The van der Waals surface area contributed by atoms with Crippen molar-refractivity contribution in [3.63, 3.8) is 0 Å². The van der Waals surface area contributed by atoms with Gasteiger partial charge < -0.3 is 0 Å². The van der Waals surface area contributed by atoms with Gasteiger partial charge in [-0.15, -0.1) is 0 Å². The molecule has 6 aromatic carbocycles. The number of nitrogens with zero attached hydrogens (tertiary/aromatic N) is 4. The Bertz CT molecular complexity index is 2560. The molecule has 8 aromatic rings. The summed E-state index contributed by atoms with van der Waals surface area (Å²) < 4.78 is 0. The van der Waals surface area contributed by atoms with E-state index in [0.717, 1.165) is 16.7 Å². The van der Waals surface area contributed by atoms with E-state index in [1.165, 1.54) is 48.7 Å². The van der Waals surface area contributed by atoms with Gasteiger partial charge in [-0.25, -0.2) is 15.0 Å². The zero-order valence-electron chi connectivity index (χ0n) is 29.4. The van der Waals surface area contributed by atoms with Crippen LogP contribution in [0.3, 0.4) is 0 Å². The summed E-state index contributed by atoms with van der Waals surface area (Å²) in [5.41, 5.74) is 12.5. The fourth-order valence-corrected chi connectivity index (χ4v) is 9.68. The summed E-state index contributed by atoms with van der Waals surface area (Å²) >= 11 is 1.87. The summed E-state index contributed by atoms with van der Waals surface area (Å²) in [5.74, 6) is 1.78. The average molecular weight is 699 g/mol. The molecule has 1 aliphatic carbocycles. The summed E-state index contributed by atoms with van der Waals surface area (Å²) in [7, 11) is 0. The van der Waals surface area contributed by atoms with Crippen LogP contribution in [0.4, 0.5) is 0 Å². The Morgan fingerprint density at radius 1 is 0.396 bits per heavy atom. The minimum atomic E-state index is -0.428. The Hall–Kier alpha value is -6.17. The first-order valence-corrected chi connectivity index (χ1v) is 18.8. The highest BCUT2D eigenvalue weighted by Crippen LogP contribution is 2.61. The molecule has 0 amide bonds. The number of pyridine rings is 1. The Balaban J connectivity index is 1.10. The van der Waals surface area contributed by atoms with E-state index in [0.29, 0.717) is 23.2 Å². The quantitative estimate of drug-likeness (QED) is 0.183. The molecule has 53 heavy (non-hydrogen) atoms. The Kier molecular flexibility index (Phi) is 7.27. The van der Waals surface area contributed by atoms with Crippen LogP contribution in [0.1, 0.15) is 47.2 Å². The first-order valence-electron chi connectivity index (χ1n) is 18.0. The van der Waals surface area contributed by atoms with Crippen LogP contribution in [-0.2, 0) is 10.8 Å². The molecule has 0 radical (unpaired) electrons. The van der Waals surface area contributed by atoms with Gasteiger partial charge in [0.05, 0.1) is 5.41 Å². The van der Waals surface area contributed by atoms with E-state index >= 15 is 0 Å². The van der Waals surface area contributed by atoms with Gasteiger partial charge in [0, 0.05) is 32.5 Å². The summed E-state index contributed by atoms with van der Waals surface area (Å²) in [6.45, 7) is 4.74. The van der Waals surface area contributed by atoms with Crippen molar-refractivity contribution in [2.24, 2.45) is 0 Å². The van der Waals surface area contributed by atoms with Gasteiger partial charge in [-0.1, -0.05) is 165 Å². The summed E-state index contributed by atoms with van der Waals surface area (Å²) in [4.78, 5) is 21.7. The van der Waals surface area contributed by atoms with Crippen molar-refractivity contribution in [2.45, 2.75) is 34.5 Å². The van der Waals surface area contributed by atoms with Crippen molar-refractivity contribution in [3.05, 3.63) is 203 Å². The van der Waals surface area contributed by atoms with Crippen LogP contribution in [0.15, 0.2) is 180 Å². The molecule has 2 aromatic heterocycles. The maximum absolute atomic E-state index is 4.92. The minimum absolute atomic E-state index is 0.126. The van der Waals surface area contributed by atoms with Gasteiger partial charge >= 0.3 is 0 Å². The fraction of sp³-hybridized carbons (Fsp3) is 0.0833. The van der Waals surface area contributed by atoms with Crippen LogP contribution in [0, 0.1) is 0 Å². The second-order valence-corrected chi connectivity index (χ2v) is 15.3. The summed E-state index contributed by atoms with van der Waals surface area (Å²) in [6, 6.07) is 58.6. The molecule has 0 saturated heterocycles. The van der Waals surface area contributed by atoms with Gasteiger partial charge in [0.25, 0.3) is 0 Å². The first-order chi connectivity index (χ1) is 26.0. The predicted octanol–water partition coefficient (Wildman–Crippen LogP) is 11.4. The lowest BCUT2D eigenvalue weighted by Crippen LogP contribution is -2.43. The number of rotatable bonds is 4. The minimum Gasteiger partial charge on any atom is -0.253 e. The van der Waals surface area contributed by atoms with E-state index in [1.807, 2.05) is 60.3 Å². The van der Waals surface area contributed by atoms with E-state index in [4.69, 9.17) is 15.0 Å². The van der Waals surface area contributed by atoms with Crippen LogP contribution < -0.4 is 0 Å². The van der Waals surface area contributed by atoms with E-state index < -0.39 is 5.41 Å². The maximum Gasteiger partial charge on any atom is 0.182 e. The molecule has 0 N–H and O–H groups in total. The van der Waals surface area contributed by atoms with Crippen LogP contribution in [0.25, 0.3) is 45.4 Å². The fourth-order valence-electron chi connectivity index (χ4n) is 8.45. The number of fused-ring (bicyclic) bond motifs is 8. The second-order valence-electron chi connectivity index (χ2n) is 14.2. The third-order valence-electron chi connectivity index (χ3n) is 10.9. The van der Waals surface area contributed by atoms with Gasteiger partial charge in [-0.05, 0) is 68.8 Å². The third-order valence-corrected chi connectivity index (χ3v) is 12.1. The molecule has 2 aliphatic rings. The SMILES string of the molecule is CC1(C)c2ccccc2C2(c3ccccc3Sc3cc(-c4ccc(-c5nc(-c6ccccc6)nc(-c6ccccn6)n5)cc4)ccc32)c2ccccc21. The topological polar surface area (TPSA) is 51.6 Å². The lowest BCUT2D eigenvalue weighted by atomic mass is 9.54. The highest BCUT2D eigenvalue weighted by Gasteiger charge is 2.51. The van der Waals surface area contributed by atoms with Crippen LogP contribution in [0.2, 0.25) is 0 Å². The number of hydrogen-bond donors (Lipinski definition) is 0. The lowest BCUT2D eigenvalue weighted by Gasteiger charge is -2.50. The van der Waals surface area contributed by atoms with Gasteiger partial charge in [0.2, 0.25) is 0 Å². The molecule has 252 valence electrons. The largest absolute Gasteiger partial charge is 0.253 e. The highest BCUT2D eigenvalue weighted by molar-refractivity contribution is 7.99. The number of aromatic nitrogens is 4. The molecular weight excluding hydrogens is 665 g/mol. The van der Waals surface area contributed by atoms with Crippen LogP contribution in [0.5, 0.6) is 0 Å². The Morgan fingerprint density at radius 3 is 1.57 bits per heavy atom. The van der Waals surface area contributed by atoms with Crippen molar-refractivity contribution < 1.29 is 0 Å². The highest BCUT2D eigenvalue weighted by atomic mass is 32.2. The van der Waals surface area contributed by atoms with Crippen LogP contribution >= 0.6 is 11.8 Å². The van der Waals surface area contributed by atoms with Crippen molar-refractivity contribution in [1.82, 2.24) is 19.9 Å². The van der Waals surface area contributed by atoms with Gasteiger partial charge in [0.1, 0.15) is 5.69 Å². The average Bonchev–Trinajstić information content (AvgIpc) is 3.23. The standard InChI is InChI=1S/C48H34N4S/c1-47(2)35-16-6-8-18-37(35)48(38-19-9-7-17-36(38)47)39-20-10-11-22-42(39)53-43-30-34(27-28-40(43)48)31-23-25-33(26-24-31)45-50-44(32-14-4-3-5-15-32)51-46(52-45)41-21-12-13-29-49-41/h3-30H,1-2H3. The van der Waals surface area contributed by atoms with Crippen molar-refractivity contribution in [2.75, 3.05) is 0 Å². The van der Waals surface area contributed by atoms with E-state index in [-0.39, 0.29) is 5.41 Å². The van der Waals surface area contributed by atoms with E-state index in [2.05, 4.69) is 134 Å². The normalized spacial score (nSPS) is 14.5. The summed E-state index contributed by atoms with van der Waals surface area (Å²) in [6.07, 6.45) is 1.76. The Labute approximate surface area is 313 Å². The maximum atomic E-state index is 4.92. The van der Waals surface area contributed by atoms with E-state index in [9.17, 15) is 0 Å². The van der Waals surface area contributed by atoms with E-state index in [1.54, 1.807) is 6.20 Å². The van der Waals surface area contributed by atoms with Crippen molar-refractivity contribution in [1.29, 1.82) is 0 Å². The van der Waals surface area contributed by atoms with Crippen molar-refractivity contribution in [3.8, 4) is 45.4 Å². The molecule has 10 rings (SSSR count). The predicted molar refractivity (Wildman–Crippen MR) is 214 cm³/mol. The molecular formula is C48H34N4S. The molecule has 0 unspecified atom stereocenters. The molecule has 0 fully saturated rings. The first kappa shape index (κ1) is 31.6. The van der Waals surface area contributed by atoms with Gasteiger partial charge in [0.15, 0.2) is 17.5 Å². The monoisotopic (exact) mass is 698 g/mol. The Morgan fingerprint density at radius 2 is 0.906 bits per heavy atom. The molecule has 1 aliphatic heterocycles. The van der Waals surface area contributed by atoms with Gasteiger partial charge in [-0.3, -0.25) is 4.98 Å². The molecule has 5 heteroatoms. The number of benzene rings is 6. The smallest absolute Gasteiger partial charge is 0.182 e. The molecule has 0 atom stereocenters. The molecule has 4 nitrogen and oxygen atoms in total.